The Balaban J connectivity index is 1.73. The van der Waals surface area contributed by atoms with Crippen LogP contribution in [0.5, 0.6) is 17.2 Å². The Morgan fingerprint density at radius 1 is 1.00 bits per heavy atom. The number of hydrogen-bond acceptors (Lipinski definition) is 8. The van der Waals surface area contributed by atoms with Crippen LogP contribution in [-0.4, -0.2) is 37.4 Å². The Morgan fingerprint density at radius 2 is 1.64 bits per heavy atom. The van der Waals surface area contributed by atoms with Crippen molar-refractivity contribution in [3.05, 3.63) is 52.9 Å². The van der Waals surface area contributed by atoms with E-state index >= 15 is 0 Å². The first-order valence-corrected chi connectivity index (χ1v) is 8.49. The zero-order valence-corrected chi connectivity index (χ0v) is 16.1. The van der Waals surface area contributed by atoms with Gasteiger partial charge in [-0.1, -0.05) is 16.8 Å². The maximum absolute atomic E-state index is 12.5. The Bertz CT molecular complexity index is 971. The summed E-state index contributed by atoms with van der Waals surface area (Å²) in [6.07, 6.45) is 0. The fraction of sp³-hybridized carbons (Fsp3) is 0.211. The molecule has 0 spiro atoms. The van der Waals surface area contributed by atoms with Crippen LogP contribution in [0.3, 0.4) is 0 Å². The van der Waals surface area contributed by atoms with Crippen LogP contribution in [0.25, 0.3) is 11.4 Å². The van der Waals surface area contributed by atoms with E-state index in [1.807, 2.05) is 0 Å². The molecule has 1 heterocycles. The topological polar surface area (TPSA) is 92.9 Å². The highest BCUT2D eigenvalue weighted by Crippen LogP contribution is 2.35. The lowest BCUT2D eigenvalue weighted by molar-refractivity contribution is 0.0425. The second-order valence-corrected chi connectivity index (χ2v) is 5.94. The average molecular weight is 405 g/mol. The van der Waals surface area contributed by atoms with Crippen molar-refractivity contribution >= 4 is 17.6 Å². The minimum atomic E-state index is -0.635. The lowest BCUT2D eigenvalue weighted by atomic mass is 10.1. The number of hydrogen-bond donors (Lipinski definition) is 0. The van der Waals surface area contributed by atoms with Crippen LogP contribution in [0.1, 0.15) is 16.2 Å². The molecule has 0 aliphatic heterocycles. The summed E-state index contributed by atoms with van der Waals surface area (Å²) >= 11 is 5.86. The van der Waals surface area contributed by atoms with Gasteiger partial charge >= 0.3 is 5.97 Å². The first-order valence-electron chi connectivity index (χ1n) is 8.11. The molecule has 0 atom stereocenters. The first-order chi connectivity index (χ1) is 13.5. The second-order valence-electron chi connectivity index (χ2n) is 5.50. The number of benzene rings is 2. The molecule has 0 unspecified atom stereocenters. The summed E-state index contributed by atoms with van der Waals surface area (Å²) in [5.74, 6) is 0.974. The van der Waals surface area contributed by atoms with E-state index in [0.29, 0.717) is 22.3 Å². The van der Waals surface area contributed by atoms with Gasteiger partial charge in [0.15, 0.2) is 18.1 Å². The van der Waals surface area contributed by atoms with Gasteiger partial charge in [0.25, 0.3) is 5.89 Å². The van der Waals surface area contributed by atoms with Crippen molar-refractivity contribution in [1.29, 1.82) is 0 Å². The Kier molecular flexibility index (Phi) is 6.00. The van der Waals surface area contributed by atoms with Gasteiger partial charge in [0, 0.05) is 22.7 Å². The summed E-state index contributed by atoms with van der Waals surface area (Å²) < 4.78 is 26.0. The molecule has 0 bridgehead atoms. The Morgan fingerprint density at radius 3 is 2.29 bits per heavy atom. The number of carbonyl (C=O) groups excluding carboxylic acids is 1. The normalized spacial score (nSPS) is 10.4. The number of rotatable bonds is 7. The molecule has 146 valence electrons. The highest BCUT2D eigenvalue weighted by atomic mass is 35.5. The number of aromatic nitrogens is 2. The fourth-order valence-corrected chi connectivity index (χ4v) is 2.55. The van der Waals surface area contributed by atoms with E-state index in [2.05, 4.69) is 10.1 Å². The van der Waals surface area contributed by atoms with Gasteiger partial charge in [0.05, 0.1) is 21.3 Å². The van der Waals surface area contributed by atoms with Crippen molar-refractivity contribution in [3.8, 4) is 28.6 Å². The molecule has 3 aromatic rings. The van der Waals surface area contributed by atoms with Gasteiger partial charge in [-0.15, -0.1) is 0 Å². The summed E-state index contributed by atoms with van der Waals surface area (Å²) in [4.78, 5) is 16.7. The lowest BCUT2D eigenvalue weighted by Gasteiger charge is -2.13. The first kappa shape index (κ1) is 19.5. The highest BCUT2D eigenvalue weighted by molar-refractivity contribution is 6.30. The number of methoxy groups -OCH3 is 3. The molecular weight excluding hydrogens is 388 g/mol. The standard InChI is InChI=1S/C19H17ClN2O6/c1-24-14-9-16(26-3)15(25-2)8-13(14)19(23)27-10-17-21-18(22-28-17)11-4-6-12(20)7-5-11/h4-9H,10H2,1-3H3. The van der Waals surface area contributed by atoms with Crippen molar-refractivity contribution in [1.82, 2.24) is 10.1 Å². The molecule has 0 amide bonds. The van der Waals surface area contributed by atoms with Crippen LogP contribution >= 0.6 is 11.6 Å². The smallest absolute Gasteiger partial charge is 0.342 e. The van der Waals surface area contributed by atoms with Crippen molar-refractivity contribution < 1.29 is 28.3 Å². The second kappa shape index (κ2) is 8.62. The molecule has 2 aromatic carbocycles. The molecular formula is C19H17ClN2O6. The van der Waals surface area contributed by atoms with Gasteiger partial charge in [-0.05, 0) is 24.3 Å². The average Bonchev–Trinajstić information content (AvgIpc) is 3.20. The van der Waals surface area contributed by atoms with E-state index in [1.165, 1.54) is 27.4 Å². The quantitative estimate of drug-likeness (QED) is 0.549. The van der Waals surface area contributed by atoms with Crippen LogP contribution in [0.4, 0.5) is 0 Å². The van der Waals surface area contributed by atoms with E-state index in [0.717, 1.165) is 5.56 Å². The monoisotopic (exact) mass is 404 g/mol. The molecule has 0 radical (unpaired) electrons. The van der Waals surface area contributed by atoms with Gasteiger partial charge in [0.2, 0.25) is 5.82 Å². The van der Waals surface area contributed by atoms with Crippen molar-refractivity contribution in [2.24, 2.45) is 0 Å². The third-order valence-corrected chi connectivity index (χ3v) is 4.07. The molecule has 0 N–H and O–H groups in total. The number of carbonyl (C=O) groups is 1. The van der Waals surface area contributed by atoms with E-state index in [-0.39, 0.29) is 23.8 Å². The maximum atomic E-state index is 12.5. The number of ether oxygens (including phenoxy) is 4. The predicted octanol–water partition coefficient (Wildman–Crippen LogP) is 3.77. The van der Waals surface area contributed by atoms with E-state index in [1.54, 1.807) is 30.3 Å². The predicted molar refractivity (Wildman–Crippen MR) is 100.0 cm³/mol. The molecule has 3 rings (SSSR count). The van der Waals surface area contributed by atoms with Crippen LogP contribution in [-0.2, 0) is 11.3 Å². The van der Waals surface area contributed by atoms with E-state index in [4.69, 9.17) is 35.1 Å². The van der Waals surface area contributed by atoms with Gasteiger partial charge in [-0.2, -0.15) is 4.98 Å². The van der Waals surface area contributed by atoms with Crippen molar-refractivity contribution in [2.75, 3.05) is 21.3 Å². The summed E-state index contributed by atoms with van der Waals surface area (Å²) in [5, 5.41) is 4.47. The van der Waals surface area contributed by atoms with Crippen LogP contribution in [0.15, 0.2) is 40.9 Å². The van der Waals surface area contributed by atoms with Crippen LogP contribution < -0.4 is 14.2 Å². The third kappa shape index (κ3) is 4.17. The van der Waals surface area contributed by atoms with Gasteiger partial charge in [-0.3, -0.25) is 0 Å². The Hall–Kier alpha value is -3.26. The molecule has 9 heteroatoms. The van der Waals surface area contributed by atoms with Gasteiger partial charge < -0.3 is 23.5 Å². The van der Waals surface area contributed by atoms with Crippen LogP contribution in [0.2, 0.25) is 5.02 Å². The zero-order valence-electron chi connectivity index (χ0n) is 15.4. The largest absolute Gasteiger partial charge is 0.496 e. The van der Waals surface area contributed by atoms with Gasteiger partial charge in [0.1, 0.15) is 11.3 Å². The molecule has 1 aromatic heterocycles. The van der Waals surface area contributed by atoms with Gasteiger partial charge in [-0.25, -0.2) is 4.79 Å². The number of esters is 1. The summed E-state index contributed by atoms with van der Waals surface area (Å²) in [6.45, 7) is -0.197. The zero-order chi connectivity index (χ0) is 20.1. The lowest BCUT2D eigenvalue weighted by Crippen LogP contribution is -2.08. The van der Waals surface area contributed by atoms with Crippen molar-refractivity contribution in [3.63, 3.8) is 0 Å². The highest BCUT2D eigenvalue weighted by Gasteiger charge is 2.20. The minimum Gasteiger partial charge on any atom is -0.496 e. The molecule has 0 aliphatic rings. The summed E-state index contributed by atoms with van der Waals surface area (Å²) in [7, 11) is 4.40. The number of halogens is 1. The molecule has 0 fully saturated rings. The third-order valence-electron chi connectivity index (χ3n) is 3.82. The SMILES string of the molecule is COc1cc(OC)c(C(=O)OCc2nc(-c3ccc(Cl)cc3)no2)cc1OC. The molecule has 28 heavy (non-hydrogen) atoms. The summed E-state index contributed by atoms with van der Waals surface area (Å²) in [6, 6.07) is 9.98. The maximum Gasteiger partial charge on any atom is 0.342 e. The molecule has 0 saturated carbocycles. The van der Waals surface area contributed by atoms with Crippen molar-refractivity contribution in [2.45, 2.75) is 6.61 Å². The molecule has 8 nitrogen and oxygen atoms in total. The summed E-state index contributed by atoms with van der Waals surface area (Å²) in [5.41, 5.74) is 0.907. The Labute approximate surface area is 165 Å². The molecule has 0 saturated heterocycles. The molecule has 0 aliphatic carbocycles. The van der Waals surface area contributed by atoms with E-state index in [9.17, 15) is 4.79 Å². The van der Waals surface area contributed by atoms with Crippen LogP contribution in [0, 0.1) is 0 Å². The number of nitrogens with zero attached hydrogens (tertiary/aromatic N) is 2. The fourth-order valence-electron chi connectivity index (χ4n) is 2.42. The minimum absolute atomic E-state index is 0.151. The van der Waals surface area contributed by atoms with E-state index < -0.39 is 5.97 Å².